The van der Waals surface area contributed by atoms with E-state index in [-0.39, 0.29) is 6.61 Å². The lowest BCUT2D eigenvalue weighted by atomic mass is 9.91. The number of nitrogens with two attached hydrogens (primary N) is 1. The number of rotatable bonds is 6. The van der Waals surface area contributed by atoms with Crippen LogP contribution in [0.3, 0.4) is 0 Å². The number of carbonyl (C=O) groups is 1. The number of carbonyl (C=O) groups excluding carboxylic acids is 1. The maximum atomic E-state index is 14.5. The van der Waals surface area contributed by atoms with Crippen molar-refractivity contribution in [3.63, 3.8) is 0 Å². The number of benzene rings is 1. The Morgan fingerprint density at radius 3 is 2.71 bits per heavy atom. The van der Waals surface area contributed by atoms with Crippen LogP contribution in [0.1, 0.15) is 5.56 Å². The molecule has 21 heavy (non-hydrogen) atoms. The van der Waals surface area contributed by atoms with Gasteiger partial charge in [0.1, 0.15) is 6.61 Å². The van der Waals surface area contributed by atoms with Gasteiger partial charge in [-0.2, -0.15) is 0 Å². The van der Waals surface area contributed by atoms with Gasteiger partial charge in [0.25, 0.3) is 5.92 Å². The first-order valence-corrected chi connectivity index (χ1v) is 6.61. The molecule has 0 aliphatic carbocycles. The van der Waals surface area contributed by atoms with E-state index in [0.29, 0.717) is 5.56 Å². The molecule has 0 fully saturated rings. The number of hydrogen-bond acceptors (Lipinski definition) is 3. The molecule has 0 bridgehead atoms. The molecule has 0 aromatic heterocycles. The number of primary amides is 1. The van der Waals surface area contributed by atoms with Crippen molar-refractivity contribution in [3.05, 3.63) is 48.0 Å². The maximum Gasteiger partial charge on any atom is 0.404 e. The van der Waals surface area contributed by atoms with E-state index in [0.717, 1.165) is 0 Å². The Hall–Kier alpha value is -1.95. The van der Waals surface area contributed by atoms with Crippen molar-refractivity contribution in [1.29, 1.82) is 0 Å². The third kappa shape index (κ3) is 4.26. The molecule has 0 spiro atoms. The summed E-state index contributed by atoms with van der Waals surface area (Å²) < 4.78 is 38.9. The van der Waals surface area contributed by atoms with E-state index in [2.05, 4.69) is 4.74 Å². The minimum Gasteiger partial charge on any atom is -0.449 e. The molecule has 4 nitrogen and oxygen atoms in total. The van der Waals surface area contributed by atoms with Crippen LogP contribution in [0, 0.1) is 5.92 Å². The van der Waals surface area contributed by atoms with E-state index in [1.165, 1.54) is 0 Å². The lowest BCUT2D eigenvalue weighted by Gasteiger charge is -2.30. The molecule has 1 aliphatic rings. The van der Waals surface area contributed by atoms with Crippen molar-refractivity contribution < 1.29 is 23.0 Å². The second-order valence-electron chi connectivity index (χ2n) is 4.89. The normalized spacial score (nSPS) is 19.4. The summed E-state index contributed by atoms with van der Waals surface area (Å²) >= 11 is 0. The summed E-state index contributed by atoms with van der Waals surface area (Å²) in [5.41, 5.74) is 5.38. The zero-order chi connectivity index (χ0) is 15.3. The minimum atomic E-state index is -3.09. The predicted octanol–water partition coefficient (Wildman–Crippen LogP) is 2.53. The Balaban J connectivity index is 2.12. The zero-order valence-corrected chi connectivity index (χ0v) is 11.4. The Bertz CT molecular complexity index is 505. The Morgan fingerprint density at radius 2 is 2.14 bits per heavy atom. The highest BCUT2D eigenvalue weighted by molar-refractivity contribution is 5.64. The van der Waals surface area contributed by atoms with Crippen LogP contribution in [0.2, 0.25) is 0 Å². The Morgan fingerprint density at radius 1 is 1.43 bits per heavy atom. The average Bonchev–Trinajstić information content (AvgIpc) is 2.92. The summed E-state index contributed by atoms with van der Waals surface area (Å²) in [6, 6.07) is 8.42. The average molecular weight is 297 g/mol. The monoisotopic (exact) mass is 297 g/mol. The molecule has 0 radical (unpaired) electrons. The van der Waals surface area contributed by atoms with Crippen LogP contribution in [0.4, 0.5) is 13.6 Å². The summed E-state index contributed by atoms with van der Waals surface area (Å²) in [5, 5.41) is 0. The molecule has 0 unspecified atom stereocenters. The molecule has 114 valence electrons. The number of alkyl halides is 2. The third-order valence-corrected chi connectivity index (χ3v) is 3.34. The largest absolute Gasteiger partial charge is 0.449 e. The summed E-state index contributed by atoms with van der Waals surface area (Å²) in [4.78, 5) is 10.7. The molecule has 2 rings (SSSR count). The molecule has 2 atom stereocenters. The van der Waals surface area contributed by atoms with Crippen LogP contribution in [-0.2, 0) is 15.9 Å². The Labute approximate surface area is 121 Å². The molecule has 0 saturated carbocycles. The van der Waals surface area contributed by atoms with Gasteiger partial charge < -0.3 is 15.2 Å². The SMILES string of the molecule is NC(=O)OC[C@H]([C@@H]1C=CCO1)C(F)(F)Cc1ccccc1. The second kappa shape index (κ2) is 6.67. The fourth-order valence-corrected chi connectivity index (χ4v) is 2.29. The summed E-state index contributed by atoms with van der Waals surface area (Å²) in [7, 11) is 0. The van der Waals surface area contributed by atoms with E-state index in [4.69, 9.17) is 10.5 Å². The number of amides is 1. The second-order valence-corrected chi connectivity index (χ2v) is 4.89. The van der Waals surface area contributed by atoms with Crippen LogP contribution < -0.4 is 5.73 Å². The lowest BCUT2D eigenvalue weighted by Crippen LogP contribution is -2.42. The standard InChI is InChI=1S/C15H17F2NO3/c16-15(17,9-11-5-2-1-3-6-11)12(10-21-14(18)19)13-7-4-8-20-13/h1-7,12-13H,8-10H2,(H2,18,19)/t12-,13+/m1/s1. The topological polar surface area (TPSA) is 61.6 Å². The van der Waals surface area contributed by atoms with Crippen molar-refractivity contribution >= 4 is 6.09 Å². The van der Waals surface area contributed by atoms with Gasteiger partial charge in [0.2, 0.25) is 0 Å². The van der Waals surface area contributed by atoms with Gasteiger partial charge in [0, 0.05) is 6.42 Å². The van der Waals surface area contributed by atoms with Crippen molar-refractivity contribution in [2.45, 2.75) is 18.4 Å². The van der Waals surface area contributed by atoms with Crippen LogP contribution >= 0.6 is 0 Å². The molecular formula is C15H17F2NO3. The third-order valence-electron chi connectivity index (χ3n) is 3.34. The van der Waals surface area contributed by atoms with Crippen LogP contribution in [0.15, 0.2) is 42.5 Å². The van der Waals surface area contributed by atoms with Crippen LogP contribution in [0.5, 0.6) is 0 Å². The van der Waals surface area contributed by atoms with Gasteiger partial charge in [-0.25, -0.2) is 13.6 Å². The van der Waals surface area contributed by atoms with Crippen molar-refractivity contribution in [1.82, 2.24) is 0 Å². The van der Waals surface area contributed by atoms with Crippen LogP contribution in [-0.4, -0.2) is 31.3 Å². The molecule has 1 heterocycles. The fourth-order valence-electron chi connectivity index (χ4n) is 2.29. The van der Waals surface area contributed by atoms with E-state index in [1.54, 1.807) is 42.5 Å². The highest BCUT2D eigenvalue weighted by Crippen LogP contribution is 2.34. The molecule has 2 N–H and O–H groups in total. The zero-order valence-electron chi connectivity index (χ0n) is 11.4. The van der Waals surface area contributed by atoms with E-state index in [1.807, 2.05) is 0 Å². The van der Waals surface area contributed by atoms with Crippen molar-refractivity contribution in [2.24, 2.45) is 11.7 Å². The van der Waals surface area contributed by atoms with Gasteiger partial charge >= 0.3 is 6.09 Å². The van der Waals surface area contributed by atoms with Gasteiger partial charge in [0.05, 0.1) is 18.6 Å². The van der Waals surface area contributed by atoms with Gasteiger partial charge in [-0.05, 0) is 5.56 Å². The summed E-state index contributed by atoms with van der Waals surface area (Å²) in [5.74, 6) is -4.36. The minimum absolute atomic E-state index is 0.277. The highest BCUT2D eigenvalue weighted by atomic mass is 19.3. The molecule has 1 aliphatic heterocycles. The maximum absolute atomic E-state index is 14.5. The molecule has 1 aromatic carbocycles. The molecule has 6 heteroatoms. The summed E-state index contributed by atoms with van der Waals surface area (Å²) in [6.45, 7) is -0.205. The first-order valence-electron chi connectivity index (χ1n) is 6.61. The number of halogens is 2. The lowest BCUT2D eigenvalue weighted by molar-refractivity contribution is -0.117. The van der Waals surface area contributed by atoms with Gasteiger partial charge in [-0.1, -0.05) is 42.5 Å². The van der Waals surface area contributed by atoms with E-state index in [9.17, 15) is 13.6 Å². The quantitative estimate of drug-likeness (QED) is 0.821. The van der Waals surface area contributed by atoms with Crippen molar-refractivity contribution in [2.75, 3.05) is 13.2 Å². The Kier molecular flexibility index (Phi) is 4.90. The van der Waals surface area contributed by atoms with Crippen molar-refractivity contribution in [3.8, 4) is 0 Å². The smallest absolute Gasteiger partial charge is 0.404 e. The van der Waals surface area contributed by atoms with E-state index >= 15 is 0 Å². The predicted molar refractivity (Wildman–Crippen MR) is 73.0 cm³/mol. The van der Waals surface area contributed by atoms with Gasteiger partial charge in [0.15, 0.2) is 0 Å². The first-order chi connectivity index (χ1) is 9.99. The number of hydrogen-bond donors (Lipinski definition) is 1. The highest BCUT2D eigenvalue weighted by Gasteiger charge is 2.45. The molecule has 1 amide bonds. The molecule has 0 saturated heterocycles. The van der Waals surface area contributed by atoms with Gasteiger partial charge in [-0.3, -0.25) is 0 Å². The summed E-state index contributed by atoms with van der Waals surface area (Å²) in [6.07, 6.45) is 0.920. The molecular weight excluding hydrogens is 280 g/mol. The van der Waals surface area contributed by atoms with Gasteiger partial charge in [-0.15, -0.1) is 0 Å². The van der Waals surface area contributed by atoms with Crippen LogP contribution in [0.25, 0.3) is 0 Å². The fraction of sp³-hybridized carbons (Fsp3) is 0.400. The first kappa shape index (κ1) is 15.4. The molecule has 1 aromatic rings. The number of ether oxygens (including phenoxy) is 2. The van der Waals surface area contributed by atoms with E-state index < -0.39 is 37.1 Å².